The van der Waals surface area contributed by atoms with Crippen molar-refractivity contribution in [3.8, 4) is 0 Å². The lowest BCUT2D eigenvalue weighted by Crippen LogP contribution is -2.30. The smallest absolute Gasteiger partial charge is 0.0579 e. The summed E-state index contributed by atoms with van der Waals surface area (Å²) in [5, 5.41) is 4.10. The second-order valence-electron chi connectivity index (χ2n) is 4.49. The number of halogens is 1. The van der Waals surface area contributed by atoms with E-state index in [1.807, 2.05) is 12.1 Å². The van der Waals surface area contributed by atoms with Crippen LogP contribution in [0.25, 0.3) is 0 Å². The molecule has 3 N–H and O–H groups in total. The molecule has 1 aromatic rings. The average Bonchev–Trinajstić information content (AvgIpc) is 2.09. The second kappa shape index (κ2) is 4.75. The maximum Gasteiger partial charge on any atom is 0.0579 e. The van der Waals surface area contributed by atoms with E-state index in [0.717, 1.165) is 18.5 Å². The third kappa shape index (κ3) is 3.63. The van der Waals surface area contributed by atoms with Gasteiger partial charge >= 0.3 is 0 Å². The predicted molar refractivity (Wildman–Crippen MR) is 68.5 cm³/mol. The summed E-state index contributed by atoms with van der Waals surface area (Å²) in [4.78, 5) is 0. The highest BCUT2D eigenvalue weighted by Gasteiger charge is 2.16. The molecular formula is C12H19ClN2. The Morgan fingerprint density at radius 3 is 2.60 bits per heavy atom. The highest BCUT2D eigenvalue weighted by atomic mass is 35.5. The Morgan fingerprint density at radius 2 is 2.07 bits per heavy atom. The largest absolute Gasteiger partial charge is 0.397 e. The molecule has 0 aliphatic rings. The van der Waals surface area contributed by atoms with Crippen LogP contribution in [0.3, 0.4) is 0 Å². The summed E-state index contributed by atoms with van der Waals surface area (Å²) in [5.74, 6) is 0. The highest BCUT2D eigenvalue weighted by molar-refractivity contribution is 6.31. The van der Waals surface area contributed by atoms with Crippen molar-refractivity contribution in [2.75, 3.05) is 11.1 Å². The number of nitrogens with one attached hydrogen (secondary N) is 1. The number of anilines is 2. The Kier molecular flexibility index (Phi) is 3.86. The van der Waals surface area contributed by atoms with Gasteiger partial charge in [-0.3, -0.25) is 0 Å². The zero-order valence-electron chi connectivity index (χ0n) is 9.60. The van der Waals surface area contributed by atoms with E-state index < -0.39 is 0 Å². The van der Waals surface area contributed by atoms with Crippen LogP contribution < -0.4 is 11.1 Å². The zero-order chi connectivity index (χ0) is 11.5. The molecule has 0 heterocycles. The van der Waals surface area contributed by atoms with Crippen molar-refractivity contribution in [1.29, 1.82) is 0 Å². The molecule has 0 spiro atoms. The highest BCUT2D eigenvalue weighted by Crippen LogP contribution is 2.27. The first-order valence-corrected chi connectivity index (χ1v) is 5.65. The Hall–Kier alpha value is -0.890. The Morgan fingerprint density at radius 1 is 1.40 bits per heavy atom. The van der Waals surface area contributed by atoms with Crippen LogP contribution in [0.5, 0.6) is 0 Å². The maximum atomic E-state index is 5.88. The summed E-state index contributed by atoms with van der Waals surface area (Å²) in [5.41, 5.74) is 7.60. The molecule has 84 valence electrons. The molecule has 0 bridgehead atoms. The summed E-state index contributed by atoms with van der Waals surface area (Å²) in [7, 11) is 0. The molecule has 0 saturated heterocycles. The normalized spacial score (nSPS) is 11.5. The lowest BCUT2D eigenvalue weighted by atomic mass is 9.98. The van der Waals surface area contributed by atoms with Gasteiger partial charge in [0.2, 0.25) is 0 Å². The summed E-state index contributed by atoms with van der Waals surface area (Å²) < 4.78 is 0. The van der Waals surface area contributed by atoms with Gasteiger partial charge in [0.15, 0.2) is 0 Å². The number of hydrogen-bond donors (Lipinski definition) is 2. The summed E-state index contributed by atoms with van der Waals surface area (Å²) >= 11 is 5.84. The van der Waals surface area contributed by atoms with Crippen LogP contribution in [-0.2, 0) is 0 Å². The van der Waals surface area contributed by atoms with Crippen molar-refractivity contribution in [2.45, 2.75) is 39.2 Å². The topological polar surface area (TPSA) is 38.0 Å². The number of nitrogen functional groups attached to an aromatic ring is 1. The fraction of sp³-hybridized carbons (Fsp3) is 0.500. The van der Waals surface area contributed by atoms with Crippen molar-refractivity contribution >= 4 is 23.0 Å². The van der Waals surface area contributed by atoms with Gasteiger partial charge in [0, 0.05) is 10.6 Å². The molecule has 0 aliphatic heterocycles. The minimum absolute atomic E-state index is 0.0662. The van der Waals surface area contributed by atoms with Gasteiger partial charge in [-0.1, -0.05) is 24.9 Å². The minimum Gasteiger partial charge on any atom is -0.397 e. The third-order valence-corrected chi connectivity index (χ3v) is 2.60. The van der Waals surface area contributed by atoms with E-state index in [-0.39, 0.29) is 5.54 Å². The summed E-state index contributed by atoms with van der Waals surface area (Å²) in [6.07, 6.45) is 2.25. The average molecular weight is 227 g/mol. The van der Waals surface area contributed by atoms with Crippen LogP contribution in [-0.4, -0.2) is 5.54 Å². The SMILES string of the molecule is CCCC(C)(C)Nc1ccc(Cl)cc1N. The number of rotatable bonds is 4. The molecule has 0 atom stereocenters. The van der Waals surface area contributed by atoms with Crippen molar-refractivity contribution in [1.82, 2.24) is 0 Å². The molecule has 0 unspecified atom stereocenters. The molecule has 3 heteroatoms. The zero-order valence-corrected chi connectivity index (χ0v) is 10.4. The van der Waals surface area contributed by atoms with Crippen LogP contribution in [0, 0.1) is 0 Å². The molecule has 0 fully saturated rings. The minimum atomic E-state index is 0.0662. The van der Waals surface area contributed by atoms with E-state index in [9.17, 15) is 0 Å². The van der Waals surface area contributed by atoms with E-state index in [0.29, 0.717) is 10.7 Å². The molecule has 1 rings (SSSR count). The van der Waals surface area contributed by atoms with E-state index in [2.05, 4.69) is 26.1 Å². The van der Waals surface area contributed by atoms with Crippen LogP contribution in [0.4, 0.5) is 11.4 Å². The molecule has 0 amide bonds. The molecule has 0 aromatic heterocycles. The first-order chi connectivity index (χ1) is 6.94. The molecule has 15 heavy (non-hydrogen) atoms. The van der Waals surface area contributed by atoms with Gasteiger partial charge < -0.3 is 11.1 Å². The lowest BCUT2D eigenvalue weighted by molar-refractivity contribution is 0.511. The van der Waals surface area contributed by atoms with Gasteiger partial charge in [-0.25, -0.2) is 0 Å². The van der Waals surface area contributed by atoms with Crippen molar-refractivity contribution in [2.24, 2.45) is 0 Å². The Balaban J connectivity index is 2.80. The molecule has 0 radical (unpaired) electrons. The van der Waals surface area contributed by atoms with Crippen molar-refractivity contribution in [3.05, 3.63) is 23.2 Å². The Bertz CT molecular complexity index is 334. The van der Waals surface area contributed by atoms with E-state index in [1.54, 1.807) is 6.07 Å². The monoisotopic (exact) mass is 226 g/mol. The van der Waals surface area contributed by atoms with Gasteiger partial charge in [-0.2, -0.15) is 0 Å². The molecule has 1 aromatic carbocycles. The fourth-order valence-corrected chi connectivity index (χ4v) is 1.88. The number of benzene rings is 1. The lowest BCUT2D eigenvalue weighted by Gasteiger charge is -2.28. The predicted octanol–water partition coefficient (Wildman–Crippen LogP) is 3.91. The molecular weight excluding hydrogens is 208 g/mol. The molecule has 2 nitrogen and oxygen atoms in total. The van der Waals surface area contributed by atoms with Gasteiger partial charge in [0.05, 0.1) is 11.4 Å². The van der Waals surface area contributed by atoms with Crippen LogP contribution in [0.2, 0.25) is 5.02 Å². The van der Waals surface area contributed by atoms with Crippen LogP contribution in [0.15, 0.2) is 18.2 Å². The van der Waals surface area contributed by atoms with Crippen LogP contribution in [0.1, 0.15) is 33.6 Å². The van der Waals surface area contributed by atoms with Gasteiger partial charge in [-0.05, 0) is 38.5 Å². The van der Waals surface area contributed by atoms with E-state index in [1.165, 1.54) is 0 Å². The van der Waals surface area contributed by atoms with Crippen LogP contribution >= 0.6 is 11.6 Å². The van der Waals surface area contributed by atoms with E-state index in [4.69, 9.17) is 17.3 Å². The molecule has 0 aliphatic carbocycles. The van der Waals surface area contributed by atoms with E-state index >= 15 is 0 Å². The van der Waals surface area contributed by atoms with Crippen molar-refractivity contribution in [3.63, 3.8) is 0 Å². The molecule has 0 saturated carbocycles. The first kappa shape index (κ1) is 12.2. The fourth-order valence-electron chi connectivity index (χ4n) is 1.70. The van der Waals surface area contributed by atoms with Gasteiger partial charge in [-0.15, -0.1) is 0 Å². The summed E-state index contributed by atoms with van der Waals surface area (Å²) in [6, 6.07) is 5.54. The Labute approximate surface area is 96.8 Å². The van der Waals surface area contributed by atoms with Gasteiger partial charge in [0.1, 0.15) is 0 Å². The number of nitrogens with two attached hydrogens (primary N) is 1. The van der Waals surface area contributed by atoms with Gasteiger partial charge in [0.25, 0.3) is 0 Å². The number of hydrogen-bond acceptors (Lipinski definition) is 2. The quantitative estimate of drug-likeness (QED) is 0.764. The first-order valence-electron chi connectivity index (χ1n) is 5.28. The maximum absolute atomic E-state index is 5.88. The van der Waals surface area contributed by atoms with Crippen molar-refractivity contribution < 1.29 is 0 Å². The summed E-state index contributed by atoms with van der Waals surface area (Å²) in [6.45, 7) is 6.52. The second-order valence-corrected chi connectivity index (χ2v) is 4.93. The third-order valence-electron chi connectivity index (χ3n) is 2.36. The standard InChI is InChI=1S/C12H19ClN2/c1-4-7-12(2,3)15-11-6-5-9(13)8-10(11)14/h5-6,8,15H,4,7,14H2,1-3H3.